The number of primary amides is 1. The van der Waals surface area contributed by atoms with Crippen LogP contribution >= 0.6 is 0 Å². The highest BCUT2D eigenvalue weighted by molar-refractivity contribution is 5.62. The van der Waals surface area contributed by atoms with Crippen LogP contribution in [0.3, 0.4) is 0 Å². The van der Waals surface area contributed by atoms with Gasteiger partial charge in [0.1, 0.15) is 0 Å². The van der Waals surface area contributed by atoms with Gasteiger partial charge in [-0.2, -0.15) is 5.48 Å². The third-order valence-electron chi connectivity index (χ3n) is 0.445. The second kappa shape index (κ2) is 6.06. The number of rotatable bonds is 1. The van der Waals surface area contributed by atoms with E-state index < -0.39 is 17.8 Å². The number of hydrogen-bond donors (Lipinski definition) is 4. The molecule has 0 spiro atoms. The Balaban J connectivity index is 0. The van der Waals surface area contributed by atoms with Gasteiger partial charge >= 0.3 is 12.2 Å². The van der Waals surface area contributed by atoms with Crippen molar-refractivity contribution in [2.45, 2.75) is 26.4 Å². The van der Waals surface area contributed by atoms with Gasteiger partial charge in [-0.1, -0.05) is 0 Å². The zero-order chi connectivity index (χ0) is 11.1. The Morgan fingerprint density at radius 3 is 1.69 bits per heavy atom. The zero-order valence-corrected chi connectivity index (χ0v) is 7.70. The largest absolute Gasteiger partial charge is 0.465 e. The Bertz CT molecular complexity index is 170. The summed E-state index contributed by atoms with van der Waals surface area (Å²) in [4.78, 5) is 23.2. The first-order valence-electron chi connectivity index (χ1n) is 3.30. The van der Waals surface area contributed by atoms with Crippen molar-refractivity contribution in [2.24, 2.45) is 5.73 Å². The molecule has 0 rings (SSSR count). The van der Waals surface area contributed by atoms with E-state index in [1.807, 2.05) is 0 Å². The summed E-state index contributed by atoms with van der Waals surface area (Å²) < 4.78 is 0. The molecule has 0 unspecified atom stereocenters. The van der Waals surface area contributed by atoms with E-state index in [0.717, 1.165) is 0 Å². The number of nitrogens with one attached hydrogen (secondary N) is 1. The maximum Gasteiger partial charge on any atom is 0.428 e. The fraction of sp³-hybridized carbons (Fsp3) is 0.667. The van der Waals surface area contributed by atoms with Crippen molar-refractivity contribution in [2.75, 3.05) is 0 Å². The molecule has 0 saturated carbocycles. The van der Waals surface area contributed by atoms with Crippen LogP contribution in [0.25, 0.3) is 0 Å². The highest BCUT2D eigenvalue weighted by Crippen LogP contribution is 2.02. The summed E-state index contributed by atoms with van der Waals surface area (Å²) in [7, 11) is 0. The SMILES string of the molecule is CC(C)(C)ONC(=O)O.NC(=O)O. The Morgan fingerprint density at radius 2 is 1.62 bits per heavy atom. The molecule has 0 radical (unpaired) electrons. The molecule has 2 amide bonds. The average molecular weight is 194 g/mol. The van der Waals surface area contributed by atoms with E-state index in [9.17, 15) is 4.79 Å². The molecule has 0 aliphatic heterocycles. The molecule has 0 bridgehead atoms. The molecule has 0 aromatic carbocycles. The summed E-state index contributed by atoms with van der Waals surface area (Å²) in [5, 5.41) is 15.2. The minimum Gasteiger partial charge on any atom is -0.465 e. The van der Waals surface area contributed by atoms with Gasteiger partial charge in [0.15, 0.2) is 0 Å². The molecule has 0 atom stereocenters. The van der Waals surface area contributed by atoms with Gasteiger partial charge in [-0.15, -0.1) is 0 Å². The second-order valence-corrected chi connectivity index (χ2v) is 2.96. The van der Waals surface area contributed by atoms with Crippen LogP contribution < -0.4 is 11.2 Å². The van der Waals surface area contributed by atoms with Crippen molar-refractivity contribution < 1.29 is 24.6 Å². The summed E-state index contributed by atoms with van der Waals surface area (Å²) in [6.07, 6.45) is -2.51. The number of carbonyl (C=O) groups is 2. The number of hydrogen-bond acceptors (Lipinski definition) is 3. The second-order valence-electron chi connectivity index (χ2n) is 2.96. The number of hydroxylamine groups is 1. The van der Waals surface area contributed by atoms with E-state index in [1.165, 1.54) is 0 Å². The minimum absolute atomic E-state index is 0.460. The lowest BCUT2D eigenvalue weighted by Gasteiger charge is -2.16. The maximum absolute atomic E-state index is 9.81. The van der Waals surface area contributed by atoms with Gasteiger partial charge in [-0.25, -0.2) is 9.59 Å². The van der Waals surface area contributed by atoms with Gasteiger partial charge in [-0.05, 0) is 20.8 Å². The summed E-state index contributed by atoms with van der Waals surface area (Å²) in [6, 6.07) is 0. The lowest BCUT2D eigenvalue weighted by molar-refractivity contribution is -0.0614. The molecule has 0 saturated heterocycles. The first-order valence-corrected chi connectivity index (χ1v) is 3.30. The Hall–Kier alpha value is -1.50. The highest BCUT2D eigenvalue weighted by Gasteiger charge is 2.11. The number of carboxylic acid groups (broad SMARTS) is 2. The molecule has 7 heteroatoms. The van der Waals surface area contributed by atoms with Gasteiger partial charge in [0, 0.05) is 0 Å². The van der Waals surface area contributed by atoms with Crippen LogP contribution in [0, 0.1) is 0 Å². The molecule has 0 heterocycles. The predicted octanol–water partition coefficient (Wildman–Crippen LogP) is 0.607. The van der Waals surface area contributed by atoms with E-state index in [4.69, 9.17) is 15.0 Å². The van der Waals surface area contributed by atoms with Crippen molar-refractivity contribution in [3.8, 4) is 0 Å². The Labute approximate surface area is 75.4 Å². The summed E-state index contributed by atoms with van der Waals surface area (Å²) in [6.45, 7) is 5.26. The van der Waals surface area contributed by atoms with Gasteiger partial charge in [0.05, 0.1) is 5.60 Å². The van der Waals surface area contributed by atoms with E-state index in [2.05, 4.69) is 10.6 Å². The fourth-order valence-corrected chi connectivity index (χ4v) is 0.197. The molecular formula is C6H14N2O5. The van der Waals surface area contributed by atoms with Gasteiger partial charge in [0.2, 0.25) is 0 Å². The third-order valence-corrected chi connectivity index (χ3v) is 0.445. The maximum atomic E-state index is 9.81. The van der Waals surface area contributed by atoms with Gasteiger partial charge < -0.3 is 15.9 Å². The molecule has 7 nitrogen and oxygen atoms in total. The quantitative estimate of drug-likeness (QED) is 0.455. The van der Waals surface area contributed by atoms with Crippen molar-refractivity contribution in [3.63, 3.8) is 0 Å². The summed E-state index contributed by atoms with van der Waals surface area (Å²) >= 11 is 0. The third kappa shape index (κ3) is 37.5. The number of amides is 2. The molecule has 0 aliphatic carbocycles. The first-order chi connectivity index (χ1) is 5.65. The lowest BCUT2D eigenvalue weighted by Crippen LogP contribution is -2.32. The summed E-state index contributed by atoms with van der Waals surface area (Å²) in [5.74, 6) is 0. The van der Waals surface area contributed by atoms with Crippen LogP contribution in [0.5, 0.6) is 0 Å². The van der Waals surface area contributed by atoms with Crippen molar-refractivity contribution in [1.82, 2.24) is 5.48 Å². The van der Waals surface area contributed by atoms with E-state index in [1.54, 1.807) is 26.3 Å². The Kier molecular flexibility index (Phi) is 6.55. The normalized spacial score (nSPS) is 9.46. The average Bonchev–Trinajstić information content (AvgIpc) is 1.80. The standard InChI is InChI=1S/C5H11NO3.CH3NO2/c1-5(2,3)9-6-4(7)8;2-1(3)4/h6H,1-3H3,(H,7,8);2H2,(H,3,4). The van der Waals surface area contributed by atoms with Gasteiger partial charge in [0.25, 0.3) is 0 Å². The first kappa shape index (κ1) is 14.0. The van der Waals surface area contributed by atoms with Gasteiger partial charge in [-0.3, -0.25) is 4.84 Å². The molecule has 78 valence electrons. The molecule has 13 heavy (non-hydrogen) atoms. The highest BCUT2D eigenvalue weighted by atomic mass is 16.7. The van der Waals surface area contributed by atoms with Crippen LogP contribution in [0.4, 0.5) is 9.59 Å². The van der Waals surface area contributed by atoms with E-state index >= 15 is 0 Å². The molecule has 0 aromatic rings. The minimum atomic E-state index is -1.33. The van der Waals surface area contributed by atoms with Crippen molar-refractivity contribution in [1.29, 1.82) is 0 Å². The lowest BCUT2D eigenvalue weighted by atomic mass is 10.2. The molecule has 5 N–H and O–H groups in total. The van der Waals surface area contributed by atoms with Crippen LogP contribution in [0.1, 0.15) is 20.8 Å². The number of nitrogens with two attached hydrogens (primary N) is 1. The van der Waals surface area contributed by atoms with Crippen molar-refractivity contribution >= 4 is 12.2 Å². The zero-order valence-electron chi connectivity index (χ0n) is 7.70. The Morgan fingerprint density at radius 1 is 1.31 bits per heavy atom. The molecule has 0 aliphatic rings. The van der Waals surface area contributed by atoms with Crippen LogP contribution in [0.2, 0.25) is 0 Å². The van der Waals surface area contributed by atoms with E-state index in [0.29, 0.717) is 0 Å². The molecule has 0 aromatic heterocycles. The van der Waals surface area contributed by atoms with Crippen LogP contribution in [-0.4, -0.2) is 28.0 Å². The monoisotopic (exact) mass is 194 g/mol. The van der Waals surface area contributed by atoms with E-state index in [-0.39, 0.29) is 0 Å². The smallest absolute Gasteiger partial charge is 0.428 e. The van der Waals surface area contributed by atoms with Crippen LogP contribution in [-0.2, 0) is 4.84 Å². The fourth-order valence-electron chi connectivity index (χ4n) is 0.197. The molecular weight excluding hydrogens is 180 g/mol. The summed E-state index contributed by atoms with van der Waals surface area (Å²) in [5.41, 5.74) is 5.37. The van der Waals surface area contributed by atoms with Crippen LogP contribution in [0.15, 0.2) is 0 Å². The predicted molar refractivity (Wildman–Crippen MR) is 44.2 cm³/mol. The topological polar surface area (TPSA) is 122 Å². The molecule has 0 fully saturated rings. The van der Waals surface area contributed by atoms with Crippen molar-refractivity contribution in [3.05, 3.63) is 0 Å².